The number of aryl methyl sites for hydroxylation is 1. The lowest BCUT2D eigenvalue weighted by Crippen LogP contribution is -2.54. The monoisotopic (exact) mass is 647 g/mol. The van der Waals surface area contributed by atoms with Crippen molar-refractivity contribution in [3.63, 3.8) is 0 Å². The van der Waals surface area contributed by atoms with Crippen molar-refractivity contribution in [2.24, 2.45) is 0 Å². The molecule has 0 aliphatic rings. The molecule has 1 N–H and O–H groups in total. The predicted molar refractivity (Wildman–Crippen MR) is 165 cm³/mol. The van der Waals surface area contributed by atoms with E-state index in [0.717, 1.165) is 32.6 Å². The maximum Gasteiger partial charge on any atom is 0.244 e. The van der Waals surface area contributed by atoms with Gasteiger partial charge in [0.2, 0.25) is 21.8 Å². The van der Waals surface area contributed by atoms with Crippen LogP contribution in [0.3, 0.4) is 0 Å². The third kappa shape index (κ3) is 8.81. The molecule has 2 amide bonds. The number of amides is 2. The quantitative estimate of drug-likeness (QED) is 0.272. The molecule has 3 aromatic rings. The van der Waals surface area contributed by atoms with Crippen LogP contribution in [0.2, 0.25) is 5.02 Å². The second-order valence-corrected chi connectivity index (χ2v) is 13.1. The van der Waals surface area contributed by atoms with Crippen LogP contribution >= 0.6 is 27.5 Å². The van der Waals surface area contributed by atoms with Gasteiger partial charge in [0, 0.05) is 28.5 Å². The molecule has 0 radical (unpaired) electrons. The molecule has 0 unspecified atom stereocenters. The lowest BCUT2D eigenvalue weighted by atomic mass is 10.0. The van der Waals surface area contributed by atoms with Gasteiger partial charge in [-0.1, -0.05) is 83.0 Å². The summed E-state index contributed by atoms with van der Waals surface area (Å²) in [5.41, 5.74) is 2.64. The van der Waals surface area contributed by atoms with Crippen molar-refractivity contribution in [3.8, 4) is 0 Å². The smallest absolute Gasteiger partial charge is 0.244 e. The largest absolute Gasteiger partial charge is 0.352 e. The number of nitrogens with zero attached hydrogens (tertiary/aromatic N) is 2. The summed E-state index contributed by atoms with van der Waals surface area (Å²) < 4.78 is 27.8. The van der Waals surface area contributed by atoms with E-state index in [-0.39, 0.29) is 24.9 Å². The number of hydrogen-bond acceptors (Lipinski definition) is 4. The second kappa shape index (κ2) is 14.1. The first-order chi connectivity index (χ1) is 18.9. The van der Waals surface area contributed by atoms with E-state index in [9.17, 15) is 18.0 Å². The summed E-state index contributed by atoms with van der Waals surface area (Å²) in [7, 11) is -3.87. The summed E-state index contributed by atoms with van der Waals surface area (Å²) in [4.78, 5) is 29.3. The number of anilines is 1. The van der Waals surface area contributed by atoms with E-state index >= 15 is 0 Å². The number of carbonyl (C=O) groups is 2. The van der Waals surface area contributed by atoms with Crippen LogP contribution in [0.15, 0.2) is 77.3 Å². The number of nitrogens with one attached hydrogen (secondary N) is 1. The predicted octanol–water partition coefficient (Wildman–Crippen LogP) is 5.73. The second-order valence-electron chi connectivity index (χ2n) is 9.88. The molecule has 3 rings (SSSR count). The van der Waals surface area contributed by atoms with Crippen LogP contribution in [0.4, 0.5) is 5.69 Å². The molecule has 3 aromatic carbocycles. The van der Waals surface area contributed by atoms with Crippen molar-refractivity contribution in [2.45, 2.75) is 52.2 Å². The molecule has 0 spiro atoms. The first kappa shape index (κ1) is 31.6. The fourth-order valence-electron chi connectivity index (χ4n) is 4.27. The number of carbonyl (C=O) groups excluding carboxylic acids is 2. The highest BCUT2D eigenvalue weighted by molar-refractivity contribution is 9.10. The number of sulfonamides is 1. The Morgan fingerprint density at radius 1 is 1.00 bits per heavy atom. The van der Waals surface area contributed by atoms with Gasteiger partial charge >= 0.3 is 0 Å². The van der Waals surface area contributed by atoms with Gasteiger partial charge in [-0.3, -0.25) is 13.9 Å². The van der Waals surface area contributed by atoms with Gasteiger partial charge in [-0.25, -0.2) is 8.42 Å². The first-order valence-corrected chi connectivity index (χ1v) is 16.0. The first-order valence-electron chi connectivity index (χ1n) is 13.0. The van der Waals surface area contributed by atoms with Gasteiger partial charge in [0.15, 0.2) is 0 Å². The summed E-state index contributed by atoms with van der Waals surface area (Å²) in [5.74, 6) is -0.809. The molecule has 2 atom stereocenters. The molecule has 0 saturated carbocycles. The van der Waals surface area contributed by atoms with Gasteiger partial charge in [-0.2, -0.15) is 0 Å². The zero-order chi connectivity index (χ0) is 29.4. The van der Waals surface area contributed by atoms with Gasteiger partial charge < -0.3 is 10.2 Å². The number of halogens is 2. The van der Waals surface area contributed by atoms with Gasteiger partial charge in [0.1, 0.15) is 12.6 Å². The average molecular weight is 649 g/mol. The van der Waals surface area contributed by atoms with Crippen LogP contribution in [-0.4, -0.2) is 50.0 Å². The molecule has 40 heavy (non-hydrogen) atoms. The highest BCUT2D eigenvalue weighted by Gasteiger charge is 2.33. The van der Waals surface area contributed by atoms with Crippen LogP contribution in [0.1, 0.15) is 37.0 Å². The number of benzene rings is 3. The van der Waals surface area contributed by atoms with Crippen molar-refractivity contribution < 1.29 is 18.0 Å². The molecule has 0 aliphatic carbocycles. The van der Waals surface area contributed by atoms with E-state index in [2.05, 4.69) is 21.2 Å². The fourth-order valence-corrected chi connectivity index (χ4v) is 5.79. The van der Waals surface area contributed by atoms with E-state index in [4.69, 9.17) is 11.6 Å². The number of hydrogen-bond donors (Lipinski definition) is 1. The Kier molecular flexibility index (Phi) is 11.2. The summed E-state index contributed by atoms with van der Waals surface area (Å²) in [5, 5.41) is 3.37. The fraction of sp³-hybridized carbons (Fsp3) is 0.333. The van der Waals surface area contributed by atoms with Crippen molar-refractivity contribution in [2.75, 3.05) is 17.1 Å². The molecule has 10 heteroatoms. The minimum Gasteiger partial charge on any atom is -0.352 e. The van der Waals surface area contributed by atoms with Crippen LogP contribution in [-0.2, 0) is 32.6 Å². The highest BCUT2D eigenvalue weighted by atomic mass is 79.9. The third-order valence-corrected chi connectivity index (χ3v) is 8.49. The molecular formula is C30H35BrClN3O4S. The molecule has 214 valence electrons. The Hall–Kier alpha value is -2.88. The van der Waals surface area contributed by atoms with Crippen molar-refractivity contribution >= 4 is 55.1 Å². The SMILES string of the molecule is CC[C@H](C)NC(=O)[C@H](Cc1ccccc1)N(Cc1cccc(Br)c1)C(=O)CN(c1cc(Cl)ccc1C)S(C)(=O)=O. The van der Waals surface area contributed by atoms with E-state index in [0.29, 0.717) is 16.3 Å². The topological polar surface area (TPSA) is 86.8 Å². The van der Waals surface area contributed by atoms with E-state index < -0.39 is 28.5 Å². The summed E-state index contributed by atoms with van der Waals surface area (Å²) in [6, 6.07) is 20.8. The molecule has 0 saturated heterocycles. The molecule has 0 aliphatic heterocycles. The summed E-state index contributed by atoms with van der Waals surface area (Å²) in [6.45, 7) is 5.25. The molecular weight excluding hydrogens is 614 g/mol. The Bertz CT molecular complexity index is 1440. The van der Waals surface area contributed by atoms with Gasteiger partial charge in [-0.05, 0) is 61.2 Å². The molecule has 7 nitrogen and oxygen atoms in total. The molecule has 0 aromatic heterocycles. The Labute approximate surface area is 250 Å². The number of rotatable bonds is 12. The molecule has 0 heterocycles. The maximum absolute atomic E-state index is 14.1. The minimum absolute atomic E-state index is 0.102. The van der Waals surface area contributed by atoms with E-state index in [1.165, 1.54) is 11.0 Å². The standard InChI is InChI=1S/C30H35BrClN3O4S/c1-5-22(3)33-30(37)28(17-23-10-7-6-8-11-23)34(19-24-12-9-13-25(31)16-24)29(36)20-35(40(4,38)39)27-18-26(32)15-14-21(27)2/h6-16,18,22,28H,5,17,19-20H2,1-4H3,(H,33,37)/t22-,28-/m0/s1. The minimum atomic E-state index is -3.87. The van der Waals surface area contributed by atoms with Gasteiger partial charge in [0.25, 0.3) is 0 Å². The Morgan fingerprint density at radius 3 is 2.30 bits per heavy atom. The van der Waals surface area contributed by atoms with Crippen LogP contribution in [0.25, 0.3) is 0 Å². The average Bonchev–Trinajstić information content (AvgIpc) is 2.90. The Balaban J connectivity index is 2.09. The van der Waals surface area contributed by atoms with Gasteiger partial charge in [-0.15, -0.1) is 0 Å². The lowest BCUT2D eigenvalue weighted by Gasteiger charge is -2.34. The van der Waals surface area contributed by atoms with Crippen molar-refractivity contribution in [3.05, 3.63) is 99.0 Å². The zero-order valence-corrected chi connectivity index (χ0v) is 26.3. The van der Waals surface area contributed by atoms with Gasteiger partial charge in [0.05, 0.1) is 11.9 Å². The lowest BCUT2D eigenvalue weighted by molar-refractivity contribution is -0.140. The normalized spacial score (nSPS) is 12.8. The summed E-state index contributed by atoms with van der Waals surface area (Å²) >= 11 is 9.68. The maximum atomic E-state index is 14.1. The molecule has 0 bridgehead atoms. The molecule has 0 fully saturated rings. The van der Waals surface area contributed by atoms with Crippen molar-refractivity contribution in [1.29, 1.82) is 0 Å². The third-order valence-electron chi connectivity index (χ3n) is 6.63. The van der Waals surface area contributed by atoms with Crippen LogP contribution < -0.4 is 9.62 Å². The zero-order valence-electron chi connectivity index (χ0n) is 23.1. The summed E-state index contributed by atoms with van der Waals surface area (Å²) in [6.07, 6.45) is 2.04. The Morgan fingerprint density at radius 2 is 1.68 bits per heavy atom. The van der Waals surface area contributed by atoms with E-state index in [1.54, 1.807) is 19.1 Å². The van der Waals surface area contributed by atoms with Crippen LogP contribution in [0.5, 0.6) is 0 Å². The highest BCUT2D eigenvalue weighted by Crippen LogP contribution is 2.27. The van der Waals surface area contributed by atoms with Crippen molar-refractivity contribution in [1.82, 2.24) is 10.2 Å². The van der Waals surface area contributed by atoms with E-state index in [1.807, 2.05) is 68.4 Å². The van der Waals surface area contributed by atoms with Crippen LogP contribution in [0, 0.1) is 6.92 Å².